The lowest BCUT2D eigenvalue weighted by Gasteiger charge is -2.15. The summed E-state index contributed by atoms with van der Waals surface area (Å²) in [6, 6.07) is 12.0. The van der Waals surface area contributed by atoms with Crippen LogP contribution in [0.1, 0.15) is 52.6 Å². The van der Waals surface area contributed by atoms with Gasteiger partial charge in [-0.15, -0.1) is 0 Å². The van der Waals surface area contributed by atoms with Crippen LogP contribution in [0, 0.1) is 13.8 Å². The van der Waals surface area contributed by atoms with Crippen molar-refractivity contribution < 1.29 is 19.0 Å². The van der Waals surface area contributed by atoms with Crippen LogP contribution in [-0.2, 0) is 19.4 Å². The van der Waals surface area contributed by atoms with E-state index in [4.69, 9.17) is 19.9 Å². The van der Waals surface area contributed by atoms with Crippen LogP contribution in [0.15, 0.2) is 36.4 Å². The van der Waals surface area contributed by atoms with Crippen molar-refractivity contribution in [3.63, 3.8) is 0 Å². The molecule has 182 valence electrons. The number of ether oxygens (including phenoxy) is 3. The third-order valence-electron chi connectivity index (χ3n) is 6.40. The Hall–Kier alpha value is -3.41. The molecule has 1 aromatic heterocycles. The van der Waals surface area contributed by atoms with Crippen molar-refractivity contribution in [1.82, 2.24) is 4.57 Å². The highest BCUT2D eigenvalue weighted by atomic mass is 16.5. The van der Waals surface area contributed by atoms with Crippen molar-refractivity contribution in [2.75, 3.05) is 21.3 Å². The molecule has 0 aliphatic heterocycles. The fourth-order valence-corrected chi connectivity index (χ4v) is 4.63. The zero-order valence-corrected chi connectivity index (χ0v) is 21.2. The van der Waals surface area contributed by atoms with E-state index in [1.54, 1.807) is 21.3 Å². The Morgan fingerprint density at radius 2 is 1.59 bits per heavy atom. The van der Waals surface area contributed by atoms with Gasteiger partial charge in [-0.05, 0) is 74.1 Å². The average molecular weight is 465 g/mol. The summed E-state index contributed by atoms with van der Waals surface area (Å²) in [7, 11) is 4.94. The maximum absolute atomic E-state index is 12.6. The van der Waals surface area contributed by atoms with Gasteiger partial charge in [0.05, 0.1) is 26.9 Å². The van der Waals surface area contributed by atoms with Crippen molar-refractivity contribution in [3.05, 3.63) is 64.5 Å². The summed E-state index contributed by atoms with van der Waals surface area (Å²) in [5.74, 6) is 1.84. The van der Waals surface area contributed by atoms with Gasteiger partial charge in [0.2, 0.25) is 0 Å². The van der Waals surface area contributed by atoms with Crippen LogP contribution in [0.5, 0.6) is 17.2 Å². The summed E-state index contributed by atoms with van der Waals surface area (Å²) < 4.78 is 18.5. The molecule has 0 fully saturated rings. The number of methoxy groups -OCH3 is 3. The van der Waals surface area contributed by atoms with Gasteiger partial charge in [0.15, 0.2) is 11.5 Å². The minimum absolute atomic E-state index is 0.399. The second kappa shape index (κ2) is 11.1. The van der Waals surface area contributed by atoms with Gasteiger partial charge in [-0.3, -0.25) is 4.79 Å². The molecule has 0 atom stereocenters. The van der Waals surface area contributed by atoms with Crippen molar-refractivity contribution in [3.8, 4) is 28.4 Å². The van der Waals surface area contributed by atoms with Crippen LogP contribution < -0.4 is 19.9 Å². The summed E-state index contributed by atoms with van der Waals surface area (Å²) in [4.78, 5) is 12.6. The highest BCUT2D eigenvalue weighted by Gasteiger charge is 2.25. The maximum Gasteiger partial charge on any atom is 0.251 e. The Labute approximate surface area is 202 Å². The van der Waals surface area contributed by atoms with Gasteiger partial charge in [-0.1, -0.05) is 25.5 Å². The number of aromatic nitrogens is 1. The number of hydrogen-bond acceptors (Lipinski definition) is 4. The first-order valence-corrected chi connectivity index (χ1v) is 11.7. The van der Waals surface area contributed by atoms with Crippen LogP contribution in [0.25, 0.3) is 11.1 Å². The van der Waals surface area contributed by atoms with Gasteiger partial charge in [0.25, 0.3) is 5.91 Å². The number of nitrogens with two attached hydrogens (primary N) is 1. The summed E-state index contributed by atoms with van der Waals surface area (Å²) in [5.41, 5.74) is 12.7. The molecule has 0 unspecified atom stereocenters. The Balaban J connectivity index is 2.09. The lowest BCUT2D eigenvalue weighted by molar-refractivity contribution is 0.1000. The highest BCUT2D eigenvalue weighted by molar-refractivity contribution is 6.02. The van der Waals surface area contributed by atoms with E-state index in [2.05, 4.69) is 23.6 Å². The molecule has 6 nitrogen and oxygen atoms in total. The summed E-state index contributed by atoms with van der Waals surface area (Å²) in [6.07, 6.45) is 3.75. The predicted octanol–water partition coefficient (Wildman–Crippen LogP) is 5.48. The standard InChI is InChI=1S/C28H36N2O4/c1-7-8-9-22-27(21-11-13-23(32-4)18(2)16-21)26(28(29)31)19(3)30(22)15-14-20-10-12-24(33-5)25(17-20)34-6/h10-13,16-17H,7-9,14-15H2,1-6H3,(H2,29,31). The molecule has 0 bridgehead atoms. The van der Waals surface area contributed by atoms with E-state index in [0.29, 0.717) is 17.1 Å². The molecule has 3 aromatic rings. The average Bonchev–Trinajstić information content (AvgIpc) is 3.12. The van der Waals surface area contributed by atoms with Crippen LogP contribution in [0.3, 0.4) is 0 Å². The fourth-order valence-electron chi connectivity index (χ4n) is 4.63. The van der Waals surface area contributed by atoms with Crippen LogP contribution >= 0.6 is 0 Å². The molecule has 0 saturated carbocycles. The van der Waals surface area contributed by atoms with Crippen molar-refractivity contribution in [1.29, 1.82) is 0 Å². The molecule has 3 rings (SSSR count). The molecule has 6 heteroatoms. The van der Waals surface area contributed by atoms with Crippen LogP contribution in [-0.4, -0.2) is 31.8 Å². The van der Waals surface area contributed by atoms with E-state index in [-0.39, 0.29) is 0 Å². The smallest absolute Gasteiger partial charge is 0.251 e. The van der Waals surface area contributed by atoms with Crippen LogP contribution in [0.4, 0.5) is 0 Å². The Morgan fingerprint density at radius 3 is 2.18 bits per heavy atom. The van der Waals surface area contributed by atoms with E-state index in [0.717, 1.165) is 71.6 Å². The minimum atomic E-state index is -0.399. The molecule has 1 heterocycles. The summed E-state index contributed by atoms with van der Waals surface area (Å²) >= 11 is 0. The molecular weight excluding hydrogens is 428 g/mol. The number of unbranched alkanes of at least 4 members (excludes halogenated alkanes) is 1. The monoisotopic (exact) mass is 464 g/mol. The van der Waals surface area contributed by atoms with Crippen molar-refractivity contribution in [2.45, 2.75) is 53.0 Å². The molecule has 0 aliphatic carbocycles. The maximum atomic E-state index is 12.6. The number of primary amides is 1. The fraction of sp³-hybridized carbons (Fsp3) is 0.393. The van der Waals surface area contributed by atoms with Crippen molar-refractivity contribution in [2.24, 2.45) is 5.73 Å². The zero-order valence-electron chi connectivity index (χ0n) is 21.2. The summed E-state index contributed by atoms with van der Waals surface area (Å²) in [6.45, 7) is 6.91. The molecule has 2 aromatic carbocycles. The lowest BCUT2D eigenvalue weighted by atomic mass is 9.96. The number of carbonyl (C=O) groups is 1. The lowest BCUT2D eigenvalue weighted by Crippen LogP contribution is -2.14. The van der Waals surface area contributed by atoms with E-state index >= 15 is 0 Å². The molecular formula is C28H36N2O4. The molecule has 0 radical (unpaired) electrons. The van der Waals surface area contributed by atoms with Gasteiger partial charge in [-0.25, -0.2) is 0 Å². The van der Waals surface area contributed by atoms with Gasteiger partial charge in [0.1, 0.15) is 5.75 Å². The number of hydrogen-bond donors (Lipinski definition) is 1. The number of carbonyl (C=O) groups excluding carboxylic acids is 1. The van der Waals surface area contributed by atoms with Gasteiger partial charge in [-0.2, -0.15) is 0 Å². The van der Waals surface area contributed by atoms with Gasteiger partial charge < -0.3 is 24.5 Å². The quantitative estimate of drug-likeness (QED) is 0.408. The van der Waals surface area contributed by atoms with E-state index in [1.165, 1.54) is 0 Å². The number of amides is 1. The first kappa shape index (κ1) is 25.2. The Bertz CT molecular complexity index is 1160. The first-order chi connectivity index (χ1) is 16.4. The number of nitrogens with zero attached hydrogens (tertiary/aromatic N) is 1. The second-order valence-corrected chi connectivity index (χ2v) is 8.53. The first-order valence-electron chi connectivity index (χ1n) is 11.7. The van der Waals surface area contributed by atoms with Crippen molar-refractivity contribution >= 4 is 5.91 Å². The van der Waals surface area contributed by atoms with Crippen LogP contribution in [0.2, 0.25) is 0 Å². The summed E-state index contributed by atoms with van der Waals surface area (Å²) in [5, 5.41) is 0. The van der Waals surface area contributed by atoms with Gasteiger partial charge in [0, 0.05) is 23.5 Å². The Kier molecular flexibility index (Phi) is 8.26. The zero-order chi connectivity index (χ0) is 24.8. The molecule has 2 N–H and O–H groups in total. The normalized spacial score (nSPS) is 10.9. The third kappa shape index (κ3) is 5.06. The topological polar surface area (TPSA) is 75.7 Å². The SMILES string of the molecule is CCCCc1c(-c2ccc(OC)c(C)c2)c(C(N)=O)c(C)n1CCc1ccc(OC)c(OC)c1. The largest absolute Gasteiger partial charge is 0.496 e. The molecule has 0 saturated heterocycles. The van der Waals surface area contributed by atoms with E-state index < -0.39 is 5.91 Å². The third-order valence-corrected chi connectivity index (χ3v) is 6.40. The predicted molar refractivity (Wildman–Crippen MR) is 136 cm³/mol. The second-order valence-electron chi connectivity index (χ2n) is 8.53. The minimum Gasteiger partial charge on any atom is -0.496 e. The Morgan fingerprint density at radius 1 is 0.912 bits per heavy atom. The molecule has 0 aliphatic rings. The molecule has 0 spiro atoms. The highest BCUT2D eigenvalue weighted by Crippen LogP contribution is 2.36. The molecule has 1 amide bonds. The molecule has 34 heavy (non-hydrogen) atoms. The van der Waals surface area contributed by atoms with E-state index in [1.807, 2.05) is 38.1 Å². The van der Waals surface area contributed by atoms with E-state index in [9.17, 15) is 4.79 Å². The number of rotatable bonds is 11. The van der Waals surface area contributed by atoms with Gasteiger partial charge >= 0.3 is 0 Å². The number of aryl methyl sites for hydroxylation is 2. The number of benzene rings is 2.